The molecule has 1 unspecified atom stereocenters. The molecule has 1 fully saturated rings. The summed E-state index contributed by atoms with van der Waals surface area (Å²) in [5.41, 5.74) is 11.7. The molecule has 4 N–H and O–H groups in total. The Bertz CT molecular complexity index is 1440. The van der Waals surface area contributed by atoms with Crippen LogP contribution in [-0.2, 0) is 15.8 Å². The van der Waals surface area contributed by atoms with Crippen molar-refractivity contribution in [3.8, 4) is 22.3 Å². The summed E-state index contributed by atoms with van der Waals surface area (Å²) >= 11 is 0. The van der Waals surface area contributed by atoms with E-state index in [-0.39, 0.29) is 5.91 Å². The maximum atomic E-state index is 12.7. The van der Waals surface area contributed by atoms with Crippen molar-refractivity contribution >= 4 is 33.9 Å². The number of carbonyl (C=O) groups is 1. The second-order valence-corrected chi connectivity index (χ2v) is 9.95. The third kappa shape index (κ3) is 4.60. The first-order valence-corrected chi connectivity index (χ1v) is 12.5. The summed E-state index contributed by atoms with van der Waals surface area (Å²) in [5, 5.41) is 7.16. The van der Waals surface area contributed by atoms with Crippen LogP contribution in [0.25, 0.3) is 27.8 Å². The molecule has 4 aromatic rings. The number of hydrogen-bond acceptors (Lipinski definition) is 5. The normalized spacial score (nSPS) is 14.4. The Morgan fingerprint density at radius 1 is 1.11 bits per heavy atom. The average Bonchev–Trinajstić information content (AvgIpc) is 3.23. The van der Waals surface area contributed by atoms with Crippen LogP contribution in [0.3, 0.4) is 0 Å². The molecule has 0 bridgehead atoms. The molecule has 0 aliphatic heterocycles. The highest BCUT2D eigenvalue weighted by Gasteiger charge is 2.21. The smallest absolute Gasteiger partial charge is 0.250 e. The van der Waals surface area contributed by atoms with Gasteiger partial charge in [-0.3, -0.25) is 4.79 Å². The van der Waals surface area contributed by atoms with Crippen molar-refractivity contribution in [1.82, 2.24) is 19.3 Å². The molecule has 0 spiro atoms. The molecule has 2 aromatic carbocycles. The van der Waals surface area contributed by atoms with Crippen molar-refractivity contribution in [2.45, 2.75) is 37.1 Å². The second kappa shape index (κ2) is 9.44. The summed E-state index contributed by atoms with van der Waals surface area (Å²) in [6.07, 6.45) is 6.65. The van der Waals surface area contributed by atoms with E-state index in [9.17, 15) is 9.00 Å². The van der Waals surface area contributed by atoms with Gasteiger partial charge in [0, 0.05) is 34.6 Å². The number of hydrogen-bond donors (Lipinski definition) is 3. The van der Waals surface area contributed by atoms with Crippen LogP contribution in [-0.4, -0.2) is 30.8 Å². The zero-order chi connectivity index (χ0) is 24.5. The van der Waals surface area contributed by atoms with Gasteiger partial charge in [-0.2, -0.15) is 5.10 Å². The van der Waals surface area contributed by atoms with E-state index in [1.807, 2.05) is 54.7 Å². The number of rotatable bonds is 7. The summed E-state index contributed by atoms with van der Waals surface area (Å²) in [7, 11) is -1.25. The quantitative estimate of drug-likeness (QED) is 0.337. The first-order chi connectivity index (χ1) is 16.9. The molecule has 1 saturated carbocycles. The molecule has 1 aliphatic rings. The van der Waals surface area contributed by atoms with E-state index >= 15 is 0 Å². The Morgan fingerprint density at radius 2 is 1.80 bits per heavy atom. The number of nitrogens with zero attached hydrogens (tertiary/aromatic N) is 3. The largest absolute Gasteiger partial charge is 0.382 e. The minimum absolute atomic E-state index is 0.222. The van der Waals surface area contributed by atoms with Crippen molar-refractivity contribution in [2.75, 3.05) is 11.1 Å². The van der Waals surface area contributed by atoms with Gasteiger partial charge in [0.25, 0.3) is 5.91 Å². The predicted molar refractivity (Wildman–Crippen MR) is 139 cm³/mol. The van der Waals surface area contributed by atoms with E-state index in [0.717, 1.165) is 40.0 Å². The first kappa shape index (κ1) is 22.9. The van der Waals surface area contributed by atoms with Crippen molar-refractivity contribution in [2.24, 2.45) is 0 Å². The molecule has 2 aromatic heterocycles. The molecule has 2 heterocycles. The highest BCUT2D eigenvalue weighted by Crippen LogP contribution is 2.39. The van der Waals surface area contributed by atoms with Gasteiger partial charge < -0.3 is 11.1 Å². The van der Waals surface area contributed by atoms with Gasteiger partial charge in [-0.25, -0.2) is 18.4 Å². The maximum absolute atomic E-state index is 12.7. The topological polar surface area (TPSA) is 114 Å². The molecule has 0 radical (unpaired) electrons. The number of anilines is 2. The molecule has 9 heteroatoms. The third-order valence-corrected chi connectivity index (χ3v) is 7.43. The van der Waals surface area contributed by atoms with E-state index < -0.39 is 11.0 Å². The van der Waals surface area contributed by atoms with Gasteiger partial charge >= 0.3 is 0 Å². The molecule has 0 saturated heterocycles. The summed E-state index contributed by atoms with van der Waals surface area (Å²) in [6, 6.07) is 15.5. The molecule has 1 amide bonds. The van der Waals surface area contributed by atoms with Crippen LogP contribution in [0.1, 0.15) is 26.2 Å². The van der Waals surface area contributed by atoms with Crippen LogP contribution < -0.4 is 15.8 Å². The molecule has 5 rings (SSSR count). The van der Waals surface area contributed by atoms with Crippen LogP contribution in [0, 0.1) is 0 Å². The zero-order valence-electron chi connectivity index (χ0n) is 19.3. The molecule has 35 heavy (non-hydrogen) atoms. The SMILES string of the molecule is C=C(C)C(=O)Nc1ccc(-c2cn3ncnc(N)c3c2-c2ccc(S(=O)NC3CCC3)cc2)cc1. The van der Waals surface area contributed by atoms with E-state index in [4.69, 9.17) is 5.73 Å². The summed E-state index contributed by atoms with van der Waals surface area (Å²) in [6.45, 7) is 5.33. The van der Waals surface area contributed by atoms with Crippen molar-refractivity contribution in [3.63, 3.8) is 0 Å². The Labute approximate surface area is 205 Å². The van der Waals surface area contributed by atoms with Gasteiger partial charge in [0.15, 0.2) is 5.82 Å². The summed E-state index contributed by atoms with van der Waals surface area (Å²) < 4.78 is 17.6. The molecule has 8 nitrogen and oxygen atoms in total. The van der Waals surface area contributed by atoms with E-state index in [2.05, 4.69) is 26.7 Å². The average molecular weight is 487 g/mol. The zero-order valence-corrected chi connectivity index (χ0v) is 20.1. The predicted octanol–water partition coefficient (Wildman–Crippen LogP) is 4.32. The number of nitrogens with one attached hydrogen (secondary N) is 2. The first-order valence-electron chi connectivity index (χ1n) is 11.4. The number of nitrogen functional groups attached to an aromatic ring is 1. The van der Waals surface area contributed by atoms with Crippen LogP contribution in [0.5, 0.6) is 0 Å². The number of carbonyl (C=O) groups excluding carboxylic acids is 1. The Hall–Kier alpha value is -3.82. The van der Waals surface area contributed by atoms with Crippen LogP contribution in [0.15, 0.2) is 78.1 Å². The van der Waals surface area contributed by atoms with Gasteiger partial charge in [0.2, 0.25) is 0 Å². The summed E-state index contributed by atoms with van der Waals surface area (Å²) in [4.78, 5) is 16.9. The lowest BCUT2D eigenvalue weighted by Gasteiger charge is -2.25. The van der Waals surface area contributed by atoms with E-state index in [1.165, 1.54) is 12.7 Å². The number of aromatic nitrogens is 3. The minimum atomic E-state index is -1.25. The third-order valence-electron chi connectivity index (χ3n) is 6.18. The van der Waals surface area contributed by atoms with E-state index in [1.54, 1.807) is 11.4 Å². The lowest BCUT2D eigenvalue weighted by molar-refractivity contribution is -0.112. The molecule has 1 aliphatic carbocycles. The van der Waals surface area contributed by atoms with Crippen LogP contribution in [0.2, 0.25) is 0 Å². The molecule has 178 valence electrons. The van der Waals surface area contributed by atoms with Gasteiger partial charge in [0.1, 0.15) is 22.8 Å². The van der Waals surface area contributed by atoms with Gasteiger partial charge in [-0.05, 0) is 55.2 Å². The van der Waals surface area contributed by atoms with Gasteiger partial charge in [0.05, 0.1) is 4.90 Å². The van der Waals surface area contributed by atoms with Gasteiger partial charge in [-0.15, -0.1) is 0 Å². The molecular formula is C26H26N6O2S. The Kier molecular flexibility index (Phi) is 6.19. The lowest BCUT2D eigenvalue weighted by atomic mass is 9.94. The number of benzene rings is 2. The molecular weight excluding hydrogens is 460 g/mol. The van der Waals surface area contributed by atoms with Crippen molar-refractivity contribution in [3.05, 3.63) is 73.2 Å². The van der Waals surface area contributed by atoms with Crippen molar-refractivity contribution < 1.29 is 9.00 Å². The lowest BCUT2D eigenvalue weighted by Crippen LogP contribution is -2.36. The monoisotopic (exact) mass is 486 g/mol. The minimum Gasteiger partial charge on any atom is -0.382 e. The number of fused-ring (bicyclic) bond motifs is 1. The highest BCUT2D eigenvalue weighted by atomic mass is 32.2. The van der Waals surface area contributed by atoms with Crippen molar-refractivity contribution in [1.29, 1.82) is 0 Å². The van der Waals surface area contributed by atoms with Gasteiger partial charge in [-0.1, -0.05) is 37.3 Å². The van der Waals surface area contributed by atoms with Crippen LogP contribution in [0.4, 0.5) is 11.5 Å². The number of nitrogens with two attached hydrogens (primary N) is 1. The van der Waals surface area contributed by atoms with E-state index in [0.29, 0.717) is 28.6 Å². The highest BCUT2D eigenvalue weighted by molar-refractivity contribution is 7.83. The fourth-order valence-corrected chi connectivity index (χ4v) is 5.07. The fourth-order valence-electron chi connectivity index (χ4n) is 4.01. The van der Waals surface area contributed by atoms with Crippen LogP contribution >= 0.6 is 0 Å². The Morgan fingerprint density at radius 3 is 2.43 bits per heavy atom. The Balaban J connectivity index is 1.52. The second-order valence-electron chi connectivity index (χ2n) is 8.71. The molecule has 1 atom stereocenters. The summed E-state index contributed by atoms with van der Waals surface area (Å²) in [5.74, 6) is 0.145. The number of amides is 1. The maximum Gasteiger partial charge on any atom is 0.250 e. The fraction of sp³-hybridized carbons (Fsp3) is 0.192. The standard InChI is InChI=1S/C26H26N6O2S/c1-16(2)26(33)30-19-10-6-17(7-11-19)22-14-32-24(25(27)28-15-29-32)23(22)18-8-12-21(13-9-18)35(34)31-20-4-3-5-20/h6-15,20,31H,1,3-5H2,2H3,(H,30,33)(H2,27,28,29).